The molecule has 0 bridgehead atoms. The highest BCUT2D eigenvalue weighted by molar-refractivity contribution is 5.86. The van der Waals surface area contributed by atoms with Crippen LogP contribution in [-0.2, 0) is 19.1 Å². The molecule has 0 N–H and O–H groups in total. The highest BCUT2D eigenvalue weighted by Crippen LogP contribution is 2.15. The highest BCUT2D eigenvalue weighted by atomic mass is 16.5. The van der Waals surface area contributed by atoms with E-state index in [1.165, 1.54) is 26.4 Å². The van der Waals surface area contributed by atoms with Crippen LogP contribution in [0.3, 0.4) is 0 Å². The molecule has 0 aromatic carbocycles. The van der Waals surface area contributed by atoms with Gasteiger partial charge in [0.2, 0.25) is 0 Å². The summed E-state index contributed by atoms with van der Waals surface area (Å²) in [5.41, 5.74) is 1.51. The summed E-state index contributed by atoms with van der Waals surface area (Å²) in [6.45, 7) is 3.76. The molecule has 4 heteroatoms. The summed E-state index contributed by atoms with van der Waals surface area (Å²) in [6.07, 6.45) is 4.37. The number of carbonyl (C=O) groups is 2. The van der Waals surface area contributed by atoms with Gasteiger partial charge >= 0.3 is 11.9 Å². The number of hydrogen-bond acceptors (Lipinski definition) is 4. The lowest BCUT2D eigenvalue weighted by atomic mass is 10.0. The fraction of sp³-hybridized carbons (Fsp3) is 0.500. The van der Waals surface area contributed by atoms with E-state index in [2.05, 4.69) is 9.47 Å². The molecule has 0 spiro atoms. The number of allylic oxidation sites excluding steroid dienone is 2. The van der Waals surface area contributed by atoms with Crippen molar-refractivity contribution >= 4 is 11.9 Å². The maximum absolute atomic E-state index is 11.1. The van der Waals surface area contributed by atoms with Gasteiger partial charge in [0.05, 0.1) is 14.2 Å². The van der Waals surface area contributed by atoms with Crippen LogP contribution < -0.4 is 0 Å². The number of carbonyl (C=O) groups excluding carboxylic acids is 2. The van der Waals surface area contributed by atoms with E-state index in [4.69, 9.17) is 0 Å². The Morgan fingerprint density at radius 1 is 1.06 bits per heavy atom. The minimum absolute atomic E-state index is 0.416. The maximum Gasteiger partial charge on any atom is 0.330 e. The molecule has 0 aliphatic rings. The van der Waals surface area contributed by atoms with Crippen molar-refractivity contribution in [2.45, 2.75) is 26.7 Å². The average molecular weight is 226 g/mol. The molecule has 0 saturated heterocycles. The van der Waals surface area contributed by atoms with Gasteiger partial charge in [-0.1, -0.05) is 13.3 Å². The van der Waals surface area contributed by atoms with Gasteiger partial charge in [-0.05, 0) is 24.5 Å². The van der Waals surface area contributed by atoms with E-state index < -0.39 is 11.9 Å². The minimum atomic E-state index is -0.427. The van der Waals surface area contributed by atoms with Crippen LogP contribution in [0.15, 0.2) is 23.3 Å². The van der Waals surface area contributed by atoms with Gasteiger partial charge in [-0.3, -0.25) is 0 Å². The van der Waals surface area contributed by atoms with Gasteiger partial charge in [-0.25, -0.2) is 9.59 Å². The van der Waals surface area contributed by atoms with Crippen LogP contribution in [0.25, 0.3) is 0 Å². The molecule has 4 nitrogen and oxygen atoms in total. The molecule has 90 valence electrons. The normalized spacial score (nSPS) is 12.2. The molecular weight excluding hydrogens is 208 g/mol. The first-order valence-electron chi connectivity index (χ1n) is 5.10. The average Bonchev–Trinajstić information content (AvgIpc) is 2.27. The summed E-state index contributed by atoms with van der Waals surface area (Å²) in [7, 11) is 2.64. The molecule has 0 amide bonds. The van der Waals surface area contributed by atoms with Crippen molar-refractivity contribution in [1.82, 2.24) is 0 Å². The van der Waals surface area contributed by atoms with E-state index >= 15 is 0 Å². The largest absolute Gasteiger partial charge is 0.466 e. The SMILES string of the molecule is CCCC(=CC(=O)OC)C(C)=CC(=O)OC. The summed E-state index contributed by atoms with van der Waals surface area (Å²) >= 11 is 0. The lowest BCUT2D eigenvalue weighted by Crippen LogP contribution is -2.01. The van der Waals surface area contributed by atoms with Gasteiger partial charge in [-0.15, -0.1) is 0 Å². The van der Waals surface area contributed by atoms with Crippen molar-refractivity contribution in [2.75, 3.05) is 14.2 Å². The van der Waals surface area contributed by atoms with Gasteiger partial charge in [0.15, 0.2) is 0 Å². The van der Waals surface area contributed by atoms with Crippen molar-refractivity contribution in [3.05, 3.63) is 23.3 Å². The summed E-state index contributed by atoms with van der Waals surface area (Å²) in [5, 5.41) is 0. The Bertz CT molecular complexity index is 313. The number of esters is 2. The summed E-state index contributed by atoms with van der Waals surface area (Å²) < 4.78 is 9.07. The van der Waals surface area contributed by atoms with Crippen molar-refractivity contribution < 1.29 is 19.1 Å². The second-order valence-electron chi connectivity index (χ2n) is 3.29. The van der Waals surface area contributed by atoms with Gasteiger partial charge in [0.25, 0.3) is 0 Å². The number of hydrogen-bond donors (Lipinski definition) is 0. The van der Waals surface area contributed by atoms with Crippen molar-refractivity contribution in [3.8, 4) is 0 Å². The van der Waals surface area contributed by atoms with E-state index in [0.717, 1.165) is 17.6 Å². The van der Waals surface area contributed by atoms with Crippen molar-refractivity contribution in [2.24, 2.45) is 0 Å². The molecule has 0 unspecified atom stereocenters. The molecule has 0 aliphatic carbocycles. The Hall–Kier alpha value is -1.58. The Labute approximate surface area is 95.9 Å². The molecule has 0 rings (SSSR count). The van der Waals surface area contributed by atoms with Crippen LogP contribution >= 0.6 is 0 Å². The molecule has 0 heterocycles. The third-order valence-corrected chi connectivity index (χ3v) is 2.05. The quantitative estimate of drug-likeness (QED) is 0.409. The monoisotopic (exact) mass is 226 g/mol. The van der Waals surface area contributed by atoms with Crippen molar-refractivity contribution in [3.63, 3.8) is 0 Å². The zero-order valence-electron chi connectivity index (χ0n) is 10.2. The van der Waals surface area contributed by atoms with Crippen LogP contribution in [0.2, 0.25) is 0 Å². The summed E-state index contributed by atoms with van der Waals surface area (Å²) in [5.74, 6) is -0.842. The van der Waals surface area contributed by atoms with E-state index in [9.17, 15) is 9.59 Å². The first-order valence-corrected chi connectivity index (χ1v) is 5.10. The van der Waals surface area contributed by atoms with Crippen LogP contribution in [0.5, 0.6) is 0 Å². The smallest absolute Gasteiger partial charge is 0.330 e. The molecule has 0 aromatic rings. The lowest BCUT2D eigenvalue weighted by Gasteiger charge is -2.06. The second-order valence-corrected chi connectivity index (χ2v) is 3.29. The lowest BCUT2D eigenvalue weighted by molar-refractivity contribution is -0.135. The molecule has 0 fully saturated rings. The van der Waals surface area contributed by atoms with Crippen LogP contribution in [0, 0.1) is 0 Å². The number of methoxy groups -OCH3 is 2. The number of ether oxygens (including phenoxy) is 2. The molecular formula is C12H18O4. The summed E-state index contributed by atoms with van der Waals surface area (Å²) in [6, 6.07) is 0. The molecule has 0 atom stereocenters. The Morgan fingerprint density at radius 2 is 1.56 bits per heavy atom. The molecule has 0 aliphatic heterocycles. The van der Waals surface area contributed by atoms with Crippen LogP contribution in [0.4, 0.5) is 0 Å². The second kappa shape index (κ2) is 7.68. The highest BCUT2D eigenvalue weighted by Gasteiger charge is 2.05. The zero-order chi connectivity index (χ0) is 12.6. The topological polar surface area (TPSA) is 52.6 Å². The third-order valence-electron chi connectivity index (χ3n) is 2.05. The standard InChI is InChI=1S/C12H18O4/c1-5-6-10(8-12(14)16-4)9(2)7-11(13)15-3/h7-8H,5-6H2,1-4H3. The number of rotatable bonds is 5. The Kier molecular flexibility index (Phi) is 6.92. The van der Waals surface area contributed by atoms with Gasteiger partial charge in [0.1, 0.15) is 0 Å². The fourth-order valence-electron chi connectivity index (χ4n) is 1.18. The molecule has 16 heavy (non-hydrogen) atoms. The van der Waals surface area contributed by atoms with Crippen LogP contribution in [-0.4, -0.2) is 26.2 Å². The Balaban J connectivity index is 4.91. The Morgan fingerprint density at radius 3 is 2.00 bits per heavy atom. The van der Waals surface area contributed by atoms with Crippen molar-refractivity contribution in [1.29, 1.82) is 0 Å². The van der Waals surface area contributed by atoms with E-state index in [0.29, 0.717) is 6.42 Å². The predicted molar refractivity (Wildman–Crippen MR) is 60.8 cm³/mol. The molecule has 0 saturated carbocycles. The minimum Gasteiger partial charge on any atom is -0.466 e. The fourth-order valence-corrected chi connectivity index (χ4v) is 1.18. The molecule has 0 aromatic heterocycles. The zero-order valence-corrected chi connectivity index (χ0v) is 10.2. The first-order chi connectivity index (χ1) is 7.54. The predicted octanol–water partition coefficient (Wildman–Crippen LogP) is 2.01. The van der Waals surface area contributed by atoms with E-state index in [1.54, 1.807) is 6.92 Å². The third kappa shape index (κ3) is 5.34. The maximum atomic E-state index is 11.1. The van der Waals surface area contributed by atoms with Gasteiger partial charge < -0.3 is 9.47 Å². The first kappa shape index (κ1) is 14.4. The van der Waals surface area contributed by atoms with Crippen LogP contribution in [0.1, 0.15) is 26.7 Å². The molecule has 0 radical (unpaired) electrons. The van der Waals surface area contributed by atoms with Gasteiger partial charge in [0, 0.05) is 12.2 Å². The van der Waals surface area contributed by atoms with E-state index in [-0.39, 0.29) is 0 Å². The summed E-state index contributed by atoms with van der Waals surface area (Å²) in [4.78, 5) is 22.2. The van der Waals surface area contributed by atoms with Gasteiger partial charge in [-0.2, -0.15) is 0 Å². The van der Waals surface area contributed by atoms with E-state index in [1.807, 2.05) is 6.92 Å².